The van der Waals surface area contributed by atoms with Gasteiger partial charge in [0.25, 0.3) is 5.91 Å². The SMILES string of the molecule is O=C(COC(=O)CN1CSCC1=O)Nc1ccc2c(c1)OC(F)(F)O2. The third-order valence-corrected chi connectivity index (χ3v) is 4.14. The highest BCUT2D eigenvalue weighted by Gasteiger charge is 2.43. The molecule has 1 saturated heterocycles. The van der Waals surface area contributed by atoms with Crippen LogP contribution in [-0.2, 0) is 19.1 Å². The average Bonchev–Trinajstić information content (AvgIpc) is 3.06. The maximum Gasteiger partial charge on any atom is 0.586 e. The van der Waals surface area contributed by atoms with E-state index in [4.69, 9.17) is 4.74 Å². The standard InChI is InChI=1S/C14H12F2N2O6S/c15-14(16)23-9-2-1-8(3-10(9)24-14)17-11(19)5-22-13(21)4-18-7-25-6-12(18)20/h1-3H,4-7H2,(H,17,19). The van der Waals surface area contributed by atoms with Gasteiger partial charge in [-0.2, -0.15) is 0 Å². The summed E-state index contributed by atoms with van der Waals surface area (Å²) in [5.41, 5.74) is 0.173. The third-order valence-electron chi connectivity index (χ3n) is 3.19. The number of hydrogen-bond acceptors (Lipinski definition) is 7. The van der Waals surface area contributed by atoms with E-state index < -0.39 is 24.8 Å². The topological polar surface area (TPSA) is 94.2 Å². The molecule has 11 heteroatoms. The smallest absolute Gasteiger partial charge is 0.454 e. The Hall–Kier alpha value is -2.56. The molecule has 0 unspecified atom stereocenters. The van der Waals surface area contributed by atoms with Crippen LogP contribution in [0, 0.1) is 0 Å². The fraction of sp³-hybridized carbons (Fsp3) is 0.357. The molecule has 1 fully saturated rings. The minimum Gasteiger partial charge on any atom is -0.454 e. The molecule has 0 aliphatic carbocycles. The molecule has 0 radical (unpaired) electrons. The normalized spacial score (nSPS) is 17.5. The van der Waals surface area contributed by atoms with E-state index in [9.17, 15) is 23.2 Å². The Balaban J connectivity index is 1.47. The fourth-order valence-electron chi connectivity index (χ4n) is 2.11. The van der Waals surface area contributed by atoms with E-state index >= 15 is 0 Å². The van der Waals surface area contributed by atoms with Crippen molar-refractivity contribution in [3.05, 3.63) is 18.2 Å². The summed E-state index contributed by atoms with van der Waals surface area (Å²) in [5.74, 6) is -1.19. The van der Waals surface area contributed by atoms with Crippen LogP contribution < -0.4 is 14.8 Å². The van der Waals surface area contributed by atoms with E-state index in [2.05, 4.69) is 14.8 Å². The zero-order valence-corrected chi connectivity index (χ0v) is 13.4. The van der Waals surface area contributed by atoms with Crippen LogP contribution in [0.5, 0.6) is 11.5 Å². The highest BCUT2D eigenvalue weighted by molar-refractivity contribution is 8.00. The van der Waals surface area contributed by atoms with Crippen LogP contribution >= 0.6 is 11.8 Å². The van der Waals surface area contributed by atoms with E-state index in [0.29, 0.717) is 11.6 Å². The molecule has 8 nitrogen and oxygen atoms in total. The number of nitrogens with zero attached hydrogens (tertiary/aromatic N) is 1. The molecule has 1 aromatic carbocycles. The molecule has 3 rings (SSSR count). The summed E-state index contributed by atoms with van der Waals surface area (Å²) in [6.45, 7) is -0.795. The van der Waals surface area contributed by atoms with Gasteiger partial charge in [-0.3, -0.25) is 14.4 Å². The van der Waals surface area contributed by atoms with Crippen molar-refractivity contribution >= 4 is 35.2 Å². The summed E-state index contributed by atoms with van der Waals surface area (Å²) in [6, 6.07) is 3.72. The van der Waals surface area contributed by atoms with Gasteiger partial charge in [-0.15, -0.1) is 20.5 Å². The number of anilines is 1. The Labute approximate surface area is 144 Å². The van der Waals surface area contributed by atoms with Gasteiger partial charge in [0.1, 0.15) is 6.54 Å². The number of amides is 2. The van der Waals surface area contributed by atoms with Gasteiger partial charge in [-0.25, -0.2) is 0 Å². The Morgan fingerprint density at radius 2 is 2.08 bits per heavy atom. The van der Waals surface area contributed by atoms with Crippen LogP contribution in [0.3, 0.4) is 0 Å². The predicted octanol–water partition coefficient (Wildman–Crippen LogP) is 1.02. The molecule has 0 atom stereocenters. The molecule has 0 bridgehead atoms. The zero-order valence-electron chi connectivity index (χ0n) is 12.6. The van der Waals surface area contributed by atoms with Crippen molar-refractivity contribution in [3.63, 3.8) is 0 Å². The first-order valence-corrected chi connectivity index (χ1v) is 8.19. The quantitative estimate of drug-likeness (QED) is 0.769. The Morgan fingerprint density at radius 1 is 1.32 bits per heavy atom. The van der Waals surface area contributed by atoms with Crippen molar-refractivity contribution < 1.29 is 37.4 Å². The first kappa shape index (κ1) is 17.3. The van der Waals surface area contributed by atoms with Gasteiger partial charge >= 0.3 is 12.3 Å². The van der Waals surface area contributed by atoms with Crippen LogP contribution in [0.1, 0.15) is 0 Å². The van der Waals surface area contributed by atoms with Crippen LogP contribution in [-0.4, -0.2) is 53.8 Å². The van der Waals surface area contributed by atoms with Gasteiger partial charge in [0, 0.05) is 11.8 Å². The maximum absolute atomic E-state index is 12.9. The number of carbonyl (C=O) groups is 3. The summed E-state index contributed by atoms with van der Waals surface area (Å²) >= 11 is 1.38. The first-order valence-electron chi connectivity index (χ1n) is 7.03. The van der Waals surface area contributed by atoms with Gasteiger partial charge in [0.2, 0.25) is 5.91 Å². The molecule has 25 heavy (non-hydrogen) atoms. The molecule has 0 aromatic heterocycles. The first-order chi connectivity index (χ1) is 11.8. The van der Waals surface area contributed by atoms with Gasteiger partial charge in [0.15, 0.2) is 18.1 Å². The summed E-state index contributed by atoms with van der Waals surface area (Å²) in [6.07, 6.45) is -3.74. The van der Waals surface area contributed by atoms with Crippen LogP contribution in [0.25, 0.3) is 0 Å². The molecule has 2 aliphatic rings. The number of benzene rings is 1. The Bertz CT molecular complexity index is 729. The number of alkyl halides is 2. The molecule has 1 N–H and O–H groups in total. The largest absolute Gasteiger partial charge is 0.586 e. The highest BCUT2D eigenvalue weighted by Crippen LogP contribution is 2.42. The molecule has 134 valence electrons. The van der Waals surface area contributed by atoms with Crippen molar-refractivity contribution in [2.24, 2.45) is 0 Å². The number of halogens is 2. The molecule has 2 amide bonds. The van der Waals surface area contributed by atoms with Crippen molar-refractivity contribution in [1.29, 1.82) is 0 Å². The summed E-state index contributed by atoms with van der Waals surface area (Å²) in [7, 11) is 0. The monoisotopic (exact) mass is 374 g/mol. The zero-order chi connectivity index (χ0) is 18.0. The number of fused-ring (bicyclic) bond motifs is 1. The second-order valence-corrected chi connectivity index (χ2v) is 6.06. The number of carbonyl (C=O) groups excluding carboxylic acids is 3. The molecule has 1 aromatic rings. The van der Waals surface area contributed by atoms with Crippen LogP contribution in [0.15, 0.2) is 18.2 Å². The fourth-order valence-corrected chi connectivity index (χ4v) is 3.02. The predicted molar refractivity (Wildman–Crippen MR) is 81.3 cm³/mol. The molecule has 2 aliphatic heterocycles. The van der Waals surface area contributed by atoms with Crippen molar-refractivity contribution in [3.8, 4) is 11.5 Å². The van der Waals surface area contributed by atoms with Crippen molar-refractivity contribution in [2.45, 2.75) is 6.29 Å². The Morgan fingerprint density at radius 3 is 2.80 bits per heavy atom. The maximum atomic E-state index is 12.9. The molecule has 0 spiro atoms. The van der Waals surface area contributed by atoms with E-state index in [1.54, 1.807) is 0 Å². The summed E-state index contributed by atoms with van der Waals surface area (Å²) < 4.78 is 39.1. The Kier molecular flexibility index (Phi) is 4.66. The number of nitrogens with one attached hydrogen (secondary N) is 1. The number of ether oxygens (including phenoxy) is 3. The average molecular weight is 374 g/mol. The lowest BCUT2D eigenvalue weighted by molar-refractivity contribution is -0.286. The van der Waals surface area contributed by atoms with Gasteiger partial charge in [-0.1, -0.05) is 0 Å². The minimum absolute atomic E-state index is 0.150. The molecular weight excluding hydrogens is 362 g/mol. The minimum atomic E-state index is -3.74. The highest BCUT2D eigenvalue weighted by atomic mass is 32.2. The lowest BCUT2D eigenvalue weighted by atomic mass is 10.3. The molecule has 2 heterocycles. The lowest BCUT2D eigenvalue weighted by Gasteiger charge is -2.13. The van der Waals surface area contributed by atoms with Crippen molar-refractivity contribution in [2.75, 3.05) is 30.1 Å². The number of hydrogen-bond donors (Lipinski definition) is 1. The third kappa shape index (κ3) is 4.29. The van der Waals surface area contributed by atoms with Crippen LogP contribution in [0.2, 0.25) is 0 Å². The van der Waals surface area contributed by atoms with Gasteiger partial charge in [0.05, 0.1) is 11.6 Å². The number of esters is 1. The molecular formula is C14H12F2N2O6S. The van der Waals surface area contributed by atoms with Crippen LogP contribution in [0.4, 0.5) is 14.5 Å². The van der Waals surface area contributed by atoms with Gasteiger partial charge in [-0.05, 0) is 12.1 Å². The number of rotatable bonds is 5. The summed E-state index contributed by atoms with van der Waals surface area (Å²) in [4.78, 5) is 36.0. The second kappa shape index (κ2) is 6.75. The number of thioether (sulfide) groups is 1. The van der Waals surface area contributed by atoms with E-state index in [1.165, 1.54) is 28.8 Å². The van der Waals surface area contributed by atoms with E-state index in [0.717, 1.165) is 6.07 Å². The summed E-state index contributed by atoms with van der Waals surface area (Å²) in [5, 5.41) is 2.38. The van der Waals surface area contributed by atoms with E-state index in [-0.39, 0.29) is 29.6 Å². The van der Waals surface area contributed by atoms with Crippen molar-refractivity contribution in [1.82, 2.24) is 4.90 Å². The van der Waals surface area contributed by atoms with E-state index in [1.807, 2.05) is 0 Å². The van der Waals surface area contributed by atoms with Gasteiger partial charge < -0.3 is 24.4 Å². The molecule has 0 saturated carbocycles. The second-order valence-electron chi connectivity index (χ2n) is 5.11. The lowest BCUT2D eigenvalue weighted by Crippen LogP contribution is -2.33.